The predicted octanol–water partition coefficient (Wildman–Crippen LogP) is 1.66. The Balaban J connectivity index is 0. The van der Waals surface area contributed by atoms with Gasteiger partial charge in [-0.25, -0.2) is 0 Å². The van der Waals surface area contributed by atoms with E-state index in [1.165, 1.54) is 0 Å². The van der Waals surface area contributed by atoms with Crippen molar-refractivity contribution in [3.63, 3.8) is 0 Å². The normalized spacial score (nSPS) is 16.8. The van der Waals surface area contributed by atoms with Gasteiger partial charge in [-0.15, -0.1) is 0 Å². The second-order valence-electron chi connectivity index (χ2n) is 8.25. The summed E-state index contributed by atoms with van der Waals surface area (Å²) in [5, 5.41) is 27.2. The van der Waals surface area contributed by atoms with Crippen molar-refractivity contribution in [3.05, 3.63) is 0 Å². The van der Waals surface area contributed by atoms with Gasteiger partial charge in [0, 0.05) is 85.0 Å². The van der Waals surface area contributed by atoms with Crippen LogP contribution in [0.5, 0.6) is 0 Å². The molecule has 0 spiro atoms. The summed E-state index contributed by atoms with van der Waals surface area (Å²) in [5.74, 6) is -2.49. The predicted molar refractivity (Wildman–Crippen MR) is 141 cm³/mol. The standard InChI is InChI=1S/C21H38N4O7.2C2H6/c1-18(26)2-6-22-10-12-23(7-3-19(27)28)14-16-25(9-5-21(31)32)17-15-24(13-11-22)8-4-20(29)30;2*1-2/h2-17H2,1H3,(H,27,28)(H,29,30)(H,31,32);2*1-2H3. The van der Waals surface area contributed by atoms with Gasteiger partial charge in [0.1, 0.15) is 5.78 Å². The fraction of sp³-hybridized carbons (Fsp3) is 0.840. The van der Waals surface area contributed by atoms with E-state index in [4.69, 9.17) is 15.3 Å². The number of nitrogens with zero attached hydrogens (tertiary/aromatic N) is 4. The summed E-state index contributed by atoms with van der Waals surface area (Å²) in [6, 6.07) is 0. The number of rotatable bonds is 12. The Morgan fingerprint density at radius 1 is 0.472 bits per heavy atom. The topological polar surface area (TPSA) is 142 Å². The number of aliphatic carboxylic acids is 3. The summed E-state index contributed by atoms with van der Waals surface area (Å²) in [6.07, 6.45) is 0.521. The fourth-order valence-corrected chi connectivity index (χ4v) is 3.55. The van der Waals surface area contributed by atoms with Gasteiger partial charge in [0.2, 0.25) is 0 Å². The Kier molecular flexibility index (Phi) is 23.4. The van der Waals surface area contributed by atoms with E-state index in [1.54, 1.807) is 6.92 Å². The SMILES string of the molecule is CC.CC.CC(=O)CCN1CCN(CCC(=O)O)CCN(CCC(=O)O)CCN(CCC(=O)O)CC1. The summed E-state index contributed by atoms with van der Waals surface area (Å²) < 4.78 is 0. The molecule has 1 heterocycles. The number of carbonyl (C=O) groups excluding carboxylic acids is 1. The monoisotopic (exact) mass is 518 g/mol. The van der Waals surface area contributed by atoms with Crippen LogP contribution in [0, 0.1) is 0 Å². The molecule has 0 aromatic rings. The number of carboxylic acid groups (broad SMARTS) is 3. The van der Waals surface area contributed by atoms with Crippen molar-refractivity contribution in [1.82, 2.24) is 19.6 Å². The maximum atomic E-state index is 11.5. The molecule has 1 aliphatic rings. The quantitative estimate of drug-likeness (QED) is 0.347. The molecule has 0 saturated carbocycles. The van der Waals surface area contributed by atoms with Crippen LogP contribution in [0.15, 0.2) is 0 Å². The molecule has 0 aromatic heterocycles. The first-order valence-corrected chi connectivity index (χ1v) is 13.2. The van der Waals surface area contributed by atoms with E-state index in [9.17, 15) is 19.2 Å². The largest absolute Gasteiger partial charge is 0.481 e. The van der Waals surface area contributed by atoms with E-state index < -0.39 is 17.9 Å². The molecule has 36 heavy (non-hydrogen) atoms. The Hall–Kier alpha value is -2.08. The number of ketones is 1. The van der Waals surface area contributed by atoms with Crippen LogP contribution in [0.4, 0.5) is 0 Å². The molecular formula is C25H50N4O7. The molecule has 1 rings (SSSR count). The highest BCUT2D eigenvalue weighted by molar-refractivity contribution is 5.75. The first-order valence-electron chi connectivity index (χ1n) is 13.2. The van der Waals surface area contributed by atoms with Gasteiger partial charge in [-0.3, -0.25) is 19.2 Å². The van der Waals surface area contributed by atoms with Gasteiger partial charge in [0.25, 0.3) is 0 Å². The number of carboxylic acids is 3. The Morgan fingerprint density at radius 3 is 0.833 bits per heavy atom. The van der Waals surface area contributed by atoms with Gasteiger partial charge < -0.3 is 34.9 Å². The number of Topliss-reactive ketones (excluding diaryl/α,β-unsaturated/α-hetero) is 1. The molecule has 1 aliphatic heterocycles. The van der Waals surface area contributed by atoms with Crippen molar-refractivity contribution in [2.75, 3.05) is 78.5 Å². The Labute approximate surface area is 217 Å². The molecule has 0 bridgehead atoms. The molecule has 1 fully saturated rings. The van der Waals surface area contributed by atoms with Crippen LogP contribution in [0.25, 0.3) is 0 Å². The van der Waals surface area contributed by atoms with Crippen molar-refractivity contribution < 1.29 is 34.5 Å². The lowest BCUT2D eigenvalue weighted by atomic mass is 10.2. The zero-order valence-corrected chi connectivity index (χ0v) is 23.1. The van der Waals surface area contributed by atoms with Crippen LogP contribution in [-0.2, 0) is 19.2 Å². The zero-order valence-electron chi connectivity index (χ0n) is 23.1. The smallest absolute Gasteiger partial charge is 0.304 e. The molecule has 0 amide bonds. The van der Waals surface area contributed by atoms with Gasteiger partial charge in [0.15, 0.2) is 0 Å². The molecule has 11 nitrogen and oxygen atoms in total. The molecule has 0 unspecified atom stereocenters. The van der Waals surface area contributed by atoms with Crippen LogP contribution in [0.3, 0.4) is 0 Å². The molecule has 3 N–H and O–H groups in total. The summed E-state index contributed by atoms with van der Waals surface area (Å²) in [6.45, 7) is 16.5. The average molecular weight is 519 g/mol. The first-order chi connectivity index (χ1) is 17.2. The lowest BCUT2D eigenvalue weighted by Gasteiger charge is -2.34. The van der Waals surface area contributed by atoms with Gasteiger partial charge in [0.05, 0.1) is 19.3 Å². The highest BCUT2D eigenvalue weighted by atomic mass is 16.4. The summed E-state index contributed by atoms with van der Waals surface area (Å²) in [5.41, 5.74) is 0. The minimum atomic E-state index is -0.873. The highest BCUT2D eigenvalue weighted by Crippen LogP contribution is 2.04. The van der Waals surface area contributed by atoms with Crippen LogP contribution < -0.4 is 0 Å². The van der Waals surface area contributed by atoms with Crippen LogP contribution in [0.2, 0.25) is 0 Å². The van der Waals surface area contributed by atoms with Gasteiger partial charge in [-0.2, -0.15) is 0 Å². The molecule has 0 atom stereocenters. The third-order valence-electron chi connectivity index (χ3n) is 5.64. The van der Waals surface area contributed by atoms with E-state index in [-0.39, 0.29) is 25.0 Å². The van der Waals surface area contributed by atoms with Gasteiger partial charge in [-0.05, 0) is 6.92 Å². The molecular weight excluding hydrogens is 468 g/mol. The van der Waals surface area contributed by atoms with E-state index >= 15 is 0 Å². The second kappa shape index (κ2) is 23.3. The summed E-state index contributed by atoms with van der Waals surface area (Å²) in [4.78, 5) is 53.0. The maximum Gasteiger partial charge on any atom is 0.304 e. The number of hydrogen-bond acceptors (Lipinski definition) is 8. The third-order valence-corrected chi connectivity index (χ3v) is 5.64. The minimum Gasteiger partial charge on any atom is -0.481 e. The lowest BCUT2D eigenvalue weighted by molar-refractivity contribution is -0.138. The molecule has 11 heteroatoms. The molecule has 1 saturated heterocycles. The van der Waals surface area contributed by atoms with Crippen molar-refractivity contribution in [2.24, 2.45) is 0 Å². The van der Waals surface area contributed by atoms with Crippen molar-refractivity contribution >= 4 is 23.7 Å². The van der Waals surface area contributed by atoms with E-state index in [0.29, 0.717) is 85.0 Å². The Bertz CT molecular complexity index is 499. The second-order valence-corrected chi connectivity index (χ2v) is 8.25. The minimum absolute atomic E-state index is 0.0169. The van der Waals surface area contributed by atoms with E-state index in [2.05, 4.69) is 14.7 Å². The summed E-state index contributed by atoms with van der Waals surface area (Å²) >= 11 is 0. The summed E-state index contributed by atoms with van der Waals surface area (Å²) in [7, 11) is 0. The fourth-order valence-electron chi connectivity index (χ4n) is 3.55. The maximum absolute atomic E-state index is 11.5. The number of hydrogen-bond donors (Lipinski definition) is 3. The van der Waals surface area contributed by atoms with Crippen LogP contribution >= 0.6 is 0 Å². The van der Waals surface area contributed by atoms with Crippen molar-refractivity contribution in [3.8, 4) is 0 Å². The average Bonchev–Trinajstić information content (AvgIpc) is 2.84. The lowest BCUT2D eigenvalue weighted by Crippen LogP contribution is -2.47. The van der Waals surface area contributed by atoms with Gasteiger partial charge in [-0.1, -0.05) is 27.7 Å². The molecule has 0 radical (unpaired) electrons. The van der Waals surface area contributed by atoms with E-state index in [0.717, 1.165) is 0 Å². The number of carbonyl (C=O) groups is 4. The molecule has 212 valence electrons. The first kappa shape index (κ1) is 36.1. The highest BCUT2D eigenvalue weighted by Gasteiger charge is 2.18. The Morgan fingerprint density at radius 2 is 0.667 bits per heavy atom. The molecule has 0 aliphatic carbocycles. The third kappa shape index (κ3) is 21.2. The van der Waals surface area contributed by atoms with Gasteiger partial charge >= 0.3 is 17.9 Å². The van der Waals surface area contributed by atoms with Crippen LogP contribution in [0.1, 0.15) is 60.3 Å². The van der Waals surface area contributed by atoms with Crippen molar-refractivity contribution in [1.29, 1.82) is 0 Å². The van der Waals surface area contributed by atoms with E-state index in [1.807, 2.05) is 32.6 Å². The zero-order chi connectivity index (χ0) is 27.9. The molecule has 0 aromatic carbocycles. The van der Waals surface area contributed by atoms with Crippen LogP contribution in [-0.4, -0.2) is 137 Å². The van der Waals surface area contributed by atoms with Crippen molar-refractivity contribution in [2.45, 2.75) is 60.3 Å².